The summed E-state index contributed by atoms with van der Waals surface area (Å²) in [7, 11) is 3.12. The van der Waals surface area contributed by atoms with Gasteiger partial charge in [-0.1, -0.05) is 29.8 Å². The molecule has 1 unspecified atom stereocenters. The lowest BCUT2D eigenvalue weighted by Gasteiger charge is -2.31. The van der Waals surface area contributed by atoms with E-state index in [1.807, 2.05) is 28.8 Å². The van der Waals surface area contributed by atoms with Gasteiger partial charge in [-0.05, 0) is 37.0 Å². The molecule has 1 aromatic carbocycles. The van der Waals surface area contributed by atoms with E-state index in [9.17, 15) is 14.4 Å². The Kier molecular flexibility index (Phi) is 5.81. The van der Waals surface area contributed by atoms with Crippen LogP contribution in [0.3, 0.4) is 0 Å². The van der Waals surface area contributed by atoms with E-state index in [1.54, 1.807) is 7.05 Å². The summed E-state index contributed by atoms with van der Waals surface area (Å²) >= 11 is 6.39. The predicted molar refractivity (Wildman–Crippen MR) is 116 cm³/mol. The van der Waals surface area contributed by atoms with Crippen LogP contribution in [0.5, 0.6) is 0 Å². The number of aliphatic imine (C=N–C) groups is 1. The third-order valence-electron chi connectivity index (χ3n) is 6.27. The molecule has 0 saturated carbocycles. The van der Waals surface area contributed by atoms with Gasteiger partial charge >= 0.3 is 11.9 Å². The molecule has 9 nitrogen and oxygen atoms in total. The van der Waals surface area contributed by atoms with E-state index >= 15 is 0 Å². The van der Waals surface area contributed by atoms with Gasteiger partial charge in [-0.25, -0.2) is 9.37 Å². The molecular weight excluding hydrogens is 420 g/mol. The number of rotatable bonds is 5. The fraction of sp³-hybridized carbons (Fsp3) is 0.476. The first-order valence-electron chi connectivity index (χ1n) is 10.3. The third-order valence-corrected chi connectivity index (χ3v) is 6.64. The highest BCUT2D eigenvalue weighted by molar-refractivity contribution is 6.31. The van der Waals surface area contributed by atoms with Crippen molar-refractivity contribution < 1.29 is 19.0 Å². The second-order valence-corrected chi connectivity index (χ2v) is 8.61. The van der Waals surface area contributed by atoms with Crippen molar-refractivity contribution >= 4 is 41.1 Å². The van der Waals surface area contributed by atoms with Crippen LogP contribution in [0.2, 0.25) is 5.02 Å². The average Bonchev–Trinajstić information content (AvgIpc) is 3.10. The zero-order valence-electron chi connectivity index (χ0n) is 17.6. The minimum Gasteiger partial charge on any atom is -0.369 e. The summed E-state index contributed by atoms with van der Waals surface area (Å²) in [5.41, 5.74) is 6.33. The number of likely N-dealkylation sites (N-methyl/N-ethyl adjacent to an activating group) is 2. The second kappa shape index (κ2) is 8.39. The molecule has 1 atom stereocenters. The summed E-state index contributed by atoms with van der Waals surface area (Å²) < 4.78 is 1.93. The number of benzene rings is 1. The number of hydrogen-bond donors (Lipinski definition) is 1. The molecule has 3 aliphatic rings. The molecule has 3 heterocycles. The first-order valence-corrected chi connectivity index (χ1v) is 10.7. The zero-order chi connectivity index (χ0) is 22.3. The number of halogens is 1. The van der Waals surface area contributed by atoms with Crippen LogP contribution in [0.1, 0.15) is 18.4 Å². The number of carbonyl (C=O) groups is 3. The minimum atomic E-state index is -0.679. The normalized spacial score (nSPS) is 22.8. The number of carbonyl (C=O) groups excluding carboxylic acids is 3. The van der Waals surface area contributed by atoms with Gasteiger partial charge in [0, 0.05) is 30.6 Å². The first kappa shape index (κ1) is 21.5. The number of urea groups is 1. The number of nitrogens with zero attached hydrogens (tertiary/aromatic N) is 5. The lowest BCUT2D eigenvalue weighted by atomic mass is 9.96. The van der Waals surface area contributed by atoms with Crippen molar-refractivity contribution in [1.82, 2.24) is 14.7 Å². The lowest BCUT2D eigenvalue weighted by molar-refractivity contribution is -0.552. The molecule has 4 amide bonds. The van der Waals surface area contributed by atoms with E-state index < -0.39 is 12.1 Å². The van der Waals surface area contributed by atoms with Crippen LogP contribution in [0.15, 0.2) is 29.3 Å². The van der Waals surface area contributed by atoms with Crippen molar-refractivity contribution in [2.24, 2.45) is 16.6 Å². The van der Waals surface area contributed by atoms with Gasteiger partial charge in [0.1, 0.15) is 13.1 Å². The highest BCUT2D eigenvalue weighted by Crippen LogP contribution is 2.24. The van der Waals surface area contributed by atoms with Gasteiger partial charge in [0.25, 0.3) is 17.8 Å². The summed E-state index contributed by atoms with van der Waals surface area (Å²) in [4.78, 5) is 46.4. The van der Waals surface area contributed by atoms with Crippen molar-refractivity contribution in [3.8, 4) is 0 Å². The van der Waals surface area contributed by atoms with Crippen LogP contribution >= 0.6 is 11.6 Å². The first-order chi connectivity index (χ1) is 14.8. The number of hydrogen-bond acceptors (Lipinski definition) is 5. The molecule has 10 heteroatoms. The van der Waals surface area contributed by atoms with E-state index in [0.717, 1.165) is 23.6 Å². The number of nitrogens with two attached hydrogens (primary N) is 1. The minimum absolute atomic E-state index is 0.100. The Balaban J connectivity index is 1.65. The van der Waals surface area contributed by atoms with Crippen molar-refractivity contribution in [2.75, 3.05) is 33.7 Å². The summed E-state index contributed by atoms with van der Waals surface area (Å²) in [5.74, 6) is 0.477. The van der Waals surface area contributed by atoms with E-state index in [0.29, 0.717) is 42.6 Å². The molecule has 0 spiro atoms. The Bertz CT molecular complexity index is 999. The molecule has 2 fully saturated rings. The zero-order valence-corrected chi connectivity index (χ0v) is 18.4. The van der Waals surface area contributed by atoms with Gasteiger partial charge < -0.3 is 5.73 Å². The number of likely N-dealkylation sites (tertiary alicyclic amines) is 1. The van der Waals surface area contributed by atoms with Crippen LogP contribution in [0.4, 0.5) is 4.79 Å². The average molecular weight is 446 g/mol. The summed E-state index contributed by atoms with van der Waals surface area (Å²) in [6.07, 6.45) is 1.40. The van der Waals surface area contributed by atoms with Crippen LogP contribution in [-0.4, -0.2) is 88.6 Å². The van der Waals surface area contributed by atoms with Crippen LogP contribution in [-0.2, 0) is 16.1 Å². The van der Waals surface area contributed by atoms with Gasteiger partial charge in [-0.3, -0.25) is 24.3 Å². The van der Waals surface area contributed by atoms with E-state index in [2.05, 4.69) is 4.90 Å². The van der Waals surface area contributed by atoms with Gasteiger partial charge in [0.15, 0.2) is 0 Å². The van der Waals surface area contributed by atoms with Gasteiger partial charge in [-0.15, -0.1) is 0 Å². The van der Waals surface area contributed by atoms with Crippen molar-refractivity contribution in [3.05, 3.63) is 34.9 Å². The monoisotopic (exact) mass is 445 g/mol. The van der Waals surface area contributed by atoms with Gasteiger partial charge in [0.2, 0.25) is 5.91 Å². The van der Waals surface area contributed by atoms with Crippen molar-refractivity contribution in [2.45, 2.75) is 25.4 Å². The summed E-state index contributed by atoms with van der Waals surface area (Å²) in [6, 6.07) is 6.41. The van der Waals surface area contributed by atoms with E-state index in [-0.39, 0.29) is 17.7 Å². The molecular formula is C21H26ClN6O3+. The molecule has 0 aliphatic carbocycles. The number of amidine groups is 2. The maximum Gasteiger partial charge on any atom is 0.333 e. The Hall–Kier alpha value is -2.78. The lowest BCUT2D eigenvalue weighted by Crippen LogP contribution is -2.61. The molecule has 0 bridgehead atoms. The maximum absolute atomic E-state index is 13.0. The number of primary amides is 1. The number of amides is 4. The molecule has 2 N–H and O–H groups in total. The molecule has 31 heavy (non-hydrogen) atoms. The standard InChI is InChI=1S/C21H25ClN6O3/c1-25-19-17(20(30)26(2)21(25)31)28(11-14-5-3-4-6-15(14)22)16(24-19)12-27-9-7-13(8-10-27)18(23)29/h3-6,13,17H,7-12H2,1-2H3,(H-,23,29)/p+1. The summed E-state index contributed by atoms with van der Waals surface area (Å²) in [6.45, 7) is 2.34. The largest absolute Gasteiger partial charge is 0.369 e. The smallest absolute Gasteiger partial charge is 0.333 e. The molecule has 0 aromatic heterocycles. The Morgan fingerprint density at radius 3 is 2.52 bits per heavy atom. The van der Waals surface area contributed by atoms with Crippen LogP contribution < -0.4 is 5.73 Å². The van der Waals surface area contributed by atoms with Gasteiger partial charge in [-0.2, -0.15) is 0 Å². The molecule has 1 aromatic rings. The molecule has 2 saturated heterocycles. The van der Waals surface area contributed by atoms with Crippen molar-refractivity contribution in [3.63, 3.8) is 0 Å². The predicted octanol–water partition coefficient (Wildman–Crippen LogP) is 0.753. The number of piperidine rings is 1. The quantitative estimate of drug-likeness (QED) is 0.675. The fourth-order valence-electron chi connectivity index (χ4n) is 4.34. The molecule has 3 aliphatic heterocycles. The number of fused-ring (bicyclic) bond motifs is 1. The fourth-order valence-corrected chi connectivity index (χ4v) is 4.54. The number of imide groups is 1. The molecule has 0 radical (unpaired) electrons. The third kappa shape index (κ3) is 3.95. The van der Waals surface area contributed by atoms with E-state index in [4.69, 9.17) is 22.3 Å². The highest BCUT2D eigenvalue weighted by atomic mass is 35.5. The van der Waals surface area contributed by atoms with Crippen LogP contribution in [0.25, 0.3) is 0 Å². The van der Waals surface area contributed by atoms with E-state index in [1.165, 1.54) is 11.9 Å². The second-order valence-electron chi connectivity index (χ2n) is 8.20. The van der Waals surface area contributed by atoms with Crippen LogP contribution in [0, 0.1) is 5.92 Å². The Labute approximate surface area is 185 Å². The SMILES string of the molecule is CN1C(=O)C2C(=NC(CN3CCC(C(N)=O)CC3)=[N+]2Cc2ccccc2Cl)N(C)C1=O. The molecule has 164 valence electrons. The summed E-state index contributed by atoms with van der Waals surface area (Å²) in [5, 5.41) is 0.610. The van der Waals surface area contributed by atoms with Crippen molar-refractivity contribution in [1.29, 1.82) is 0 Å². The molecule has 4 rings (SSSR count). The topological polar surface area (TPSA) is 102 Å². The Morgan fingerprint density at radius 1 is 1.19 bits per heavy atom. The maximum atomic E-state index is 13.0. The Morgan fingerprint density at radius 2 is 1.87 bits per heavy atom. The van der Waals surface area contributed by atoms with Gasteiger partial charge in [0.05, 0.1) is 0 Å². The highest BCUT2D eigenvalue weighted by Gasteiger charge is 2.53.